The van der Waals surface area contributed by atoms with E-state index in [0.717, 1.165) is 11.1 Å². The Hall–Kier alpha value is -4.46. The molecule has 0 saturated carbocycles. The van der Waals surface area contributed by atoms with Crippen LogP contribution in [0.2, 0.25) is 0 Å². The maximum Gasteiger partial charge on any atom is 0.297 e. The van der Waals surface area contributed by atoms with Gasteiger partial charge >= 0.3 is 0 Å². The van der Waals surface area contributed by atoms with Gasteiger partial charge < -0.3 is 15.3 Å². The first-order valence-electron chi connectivity index (χ1n) is 10.1. The molecular weight excluding hydrogens is 418 g/mol. The third-order valence-corrected chi connectivity index (χ3v) is 5.08. The number of benzene rings is 2. The van der Waals surface area contributed by atoms with Gasteiger partial charge in [0.15, 0.2) is 5.69 Å². The molecule has 168 valence electrons. The van der Waals surface area contributed by atoms with Gasteiger partial charge in [-0.15, -0.1) is 0 Å². The predicted molar refractivity (Wildman–Crippen MR) is 130 cm³/mol. The maximum absolute atomic E-state index is 12.8. The van der Waals surface area contributed by atoms with E-state index in [1.54, 1.807) is 11.9 Å². The average Bonchev–Trinajstić information content (AvgIpc) is 2.83. The van der Waals surface area contributed by atoms with Crippen molar-refractivity contribution in [3.05, 3.63) is 112 Å². The van der Waals surface area contributed by atoms with Crippen molar-refractivity contribution < 1.29 is 9.90 Å². The topological polar surface area (TPSA) is 99.8 Å². The van der Waals surface area contributed by atoms with Crippen LogP contribution in [0.1, 0.15) is 27.7 Å². The van der Waals surface area contributed by atoms with Gasteiger partial charge in [0.05, 0.1) is 6.04 Å². The van der Waals surface area contributed by atoms with E-state index in [-0.39, 0.29) is 17.8 Å². The van der Waals surface area contributed by atoms with Crippen molar-refractivity contribution in [2.24, 2.45) is 12.0 Å². The van der Waals surface area contributed by atoms with Crippen LogP contribution in [0, 0.1) is 0 Å². The molecule has 2 N–H and O–H groups in total. The number of allylic oxidation sites excluding steroid dienone is 2. The number of hydrogen-bond donors (Lipinski definition) is 2. The average molecular weight is 444 g/mol. The van der Waals surface area contributed by atoms with Crippen LogP contribution in [0.15, 0.2) is 95.0 Å². The number of aromatic hydroxyl groups is 1. The number of amides is 1. The Morgan fingerprint density at radius 3 is 2.18 bits per heavy atom. The molecule has 3 rings (SSSR count). The number of nitrogens with zero attached hydrogens (tertiary/aromatic N) is 4. The third kappa shape index (κ3) is 4.90. The summed E-state index contributed by atoms with van der Waals surface area (Å²) in [6.07, 6.45) is 2.85. The van der Waals surface area contributed by atoms with Crippen molar-refractivity contribution in [1.82, 2.24) is 14.9 Å². The Morgan fingerprint density at radius 2 is 1.70 bits per heavy atom. The van der Waals surface area contributed by atoms with E-state index >= 15 is 0 Å². The van der Waals surface area contributed by atoms with Gasteiger partial charge in [0.1, 0.15) is 5.82 Å². The summed E-state index contributed by atoms with van der Waals surface area (Å²) in [5.74, 6) is -1.25. The van der Waals surface area contributed by atoms with Crippen LogP contribution >= 0.6 is 0 Å². The van der Waals surface area contributed by atoms with E-state index < -0.39 is 22.9 Å². The van der Waals surface area contributed by atoms with Gasteiger partial charge in [-0.05, 0) is 23.9 Å². The van der Waals surface area contributed by atoms with Gasteiger partial charge in [-0.2, -0.15) is 0 Å². The molecule has 0 fully saturated rings. The summed E-state index contributed by atoms with van der Waals surface area (Å²) in [6.45, 7) is 6.92. The Bertz CT molecular complexity index is 1210. The lowest BCUT2D eigenvalue weighted by atomic mass is 9.97. The lowest BCUT2D eigenvalue weighted by molar-refractivity contribution is 0.0957. The Kier molecular flexibility index (Phi) is 7.20. The van der Waals surface area contributed by atoms with Crippen LogP contribution in [0.5, 0.6) is 5.75 Å². The maximum atomic E-state index is 12.8. The number of aliphatic imine (C=N–C) groups is 1. The summed E-state index contributed by atoms with van der Waals surface area (Å²) in [5, 5.41) is 12.8. The van der Waals surface area contributed by atoms with E-state index in [1.165, 1.54) is 23.8 Å². The highest BCUT2D eigenvalue weighted by molar-refractivity contribution is 5.96. The fourth-order valence-corrected chi connectivity index (χ4v) is 3.50. The molecule has 0 bridgehead atoms. The summed E-state index contributed by atoms with van der Waals surface area (Å²) < 4.78 is 1.21. The van der Waals surface area contributed by atoms with Crippen LogP contribution in [-0.2, 0) is 7.05 Å². The van der Waals surface area contributed by atoms with Crippen LogP contribution in [0.25, 0.3) is 0 Å². The molecule has 8 nitrogen and oxygen atoms in total. The molecule has 0 aliphatic rings. The molecule has 1 heterocycles. The summed E-state index contributed by atoms with van der Waals surface area (Å²) in [6, 6.07) is 19.1. The normalized spacial score (nSPS) is 11.2. The van der Waals surface area contributed by atoms with Crippen molar-refractivity contribution >= 4 is 18.6 Å². The summed E-state index contributed by atoms with van der Waals surface area (Å²) in [5.41, 5.74) is 0.759. The molecule has 0 saturated heterocycles. The minimum absolute atomic E-state index is 0.109. The number of aromatic nitrogens is 2. The fourth-order valence-electron chi connectivity index (χ4n) is 3.50. The second-order valence-electron chi connectivity index (χ2n) is 7.21. The van der Waals surface area contributed by atoms with Crippen LogP contribution in [0.3, 0.4) is 0 Å². The SMILES string of the molecule is C=C/C=C(\N=C)NC(=O)c1nc(N(C)C(c2ccccc2)c2ccccc2)n(C)c(=O)c1O. The van der Waals surface area contributed by atoms with Crippen LogP contribution in [-0.4, -0.2) is 34.3 Å². The van der Waals surface area contributed by atoms with Crippen LogP contribution < -0.4 is 15.8 Å². The quantitative estimate of drug-likeness (QED) is 0.412. The second-order valence-corrected chi connectivity index (χ2v) is 7.21. The Balaban J connectivity index is 2.13. The fraction of sp³-hybridized carbons (Fsp3) is 0.120. The first-order chi connectivity index (χ1) is 15.9. The molecule has 1 amide bonds. The number of carbonyl (C=O) groups excluding carboxylic acids is 1. The number of anilines is 1. The van der Waals surface area contributed by atoms with Crippen molar-refractivity contribution in [3.63, 3.8) is 0 Å². The van der Waals surface area contributed by atoms with Crippen molar-refractivity contribution in [2.45, 2.75) is 6.04 Å². The van der Waals surface area contributed by atoms with Gasteiger partial charge in [0.2, 0.25) is 11.7 Å². The predicted octanol–water partition coefficient (Wildman–Crippen LogP) is 3.17. The zero-order valence-corrected chi connectivity index (χ0v) is 18.5. The van der Waals surface area contributed by atoms with E-state index in [9.17, 15) is 14.7 Å². The van der Waals surface area contributed by atoms with Gasteiger partial charge in [0.25, 0.3) is 11.5 Å². The van der Waals surface area contributed by atoms with E-state index in [2.05, 4.69) is 28.6 Å². The zero-order chi connectivity index (χ0) is 24.0. The molecule has 0 radical (unpaired) electrons. The first kappa shape index (κ1) is 23.2. The number of rotatable bonds is 8. The van der Waals surface area contributed by atoms with E-state index in [0.29, 0.717) is 0 Å². The van der Waals surface area contributed by atoms with Crippen molar-refractivity contribution in [2.75, 3.05) is 11.9 Å². The van der Waals surface area contributed by atoms with Gasteiger partial charge in [0, 0.05) is 14.1 Å². The minimum Gasteiger partial charge on any atom is -0.501 e. The zero-order valence-electron chi connectivity index (χ0n) is 18.5. The number of carbonyl (C=O) groups is 1. The molecule has 0 aliphatic carbocycles. The molecule has 0 spiro atoms. The summed E-state index contributed by atoms with van der Waals surface area (Å²) >= 11 is 0. The van der Waals surface area contributed by atoms with Crippen LogP contribution in [0.4, 0.5) is 5.95 Å². The first-order valence-corrected chi connectivity index (χ1v) is 10.1. The van der Waals surface area contributed by atoms with Gasteiger partial charge in [-0.1, -0.05) is 73.3 Å². The Morgan fingerprint density at radius 1 is 1.15 bits per heavy atom. The molecule has 33 heavy (non-hydrogen) atoms. The van der Waals surface area contributed by atoms with E-state index in [1.807, 2.05) is 60.7 Å². The molecule has 0 unspecified atom stereocenters. The van der Waals surface area contributed by atoms with Crippen molar-refractivity contribution in [3.8, 4) is 5.75 Å². The lowest BCUT2D eigenvalue weighted by Gasteiger charge is -2.31. The van der Waals surface area contributed by atoms with Gasteiger partial charge in [-0.3, -0.25) is 14.2 Å². The third-order valence-electron chi connectivity index (χ3n) is 5.08. The molecule has 0 aliphatic heterocycles. The number of nitrogens with one attached hydrogen (secondary N) is 1. The molecular formula is C25H25N5O3. The molecule has 1 aromatic heterocycles. The van der Waals surface area contributed by atoms with Gasteiger partial charge in [-0.25, -0.2) is 9.98 Å². The molecule has 3 aromatic rings. The smallest absolute Gasteiger partial charge is 0.297 e. The minimum atomic E-state index is -0.795. The summed E-state index contributed by atoms with van der Waals surface area (Å²) in [4.78, 5) is 35.4. The molecule has 2 aromatic carbocycles. The highest BCUT2D eigenvalue weighted by Crippen LogP contribution is 2.30. The standard InChI is InChI=1S/C25H25N5O3/c1-5-12-19(26-2)27-23(32)20-22(31)24(33)30(4)25(28-20)29(3)21(17-13-8-6-9-14-17)18-15-10-7-11-16-18/h5-16,21,31H,1-2H2,3-4H3,(H,27,32)/b19-12+. The highest BCUT2D eigenvalue weighted by atomic mass is 16.3. The number of hydrogen-bond acceptors (Lipinski definition) is 6. The van der Waals surface area contributed by atoms with E-state index in [4.69, 9.17) is 0 Å². The highest BCUT2D eigenvalue weighted by Gasteiger charge is 2.27. The summed E-state index contributed by atoms with van der Waals surface area (Å²) in [7, 11) is 3.27. The largest absolute Gasteiger partial charge is 0.501 e. The molecule has 0 atom stereocenters. The Labute approximate surface area is 191 Å². The van der Waals surface area contributed by atoms with Crippen molar-refractivity contribution in [1.29, 1.82) is 0 Å². The monoisotopic (exact) mass is 443 g/mol. The second kappa shape index (κ2) is 10.2. The molecule has 8 heteroatoms. The lowest BCUT2D eigenvalue weighted by Crippen LogP contribution is -2.35.